The van der Waals surface area contributed by atoms with Crippen molar-refractivity contribution in [2.45, 2.75) is 31.4 Å². The van der Waals surface area contributed by atoms with Gasteiger partial charge in [-0.05, 0) is 19.3 Å². The van der Waals surface area contributed by atoms with Crippen LogP contribution in [0.4, 0.5) is 4.79 Å². The fourth-order valence-electron chi connectivity index (χ4n) is 1.47. The van der Waals surface area contributed by atoms with Gasteiger partial charge in [-0.15, -0.1) is 0 Å². The van der Waals surface area contributed by atoms with E-state index in [4.69, 9.17) is 15.6 Å². The van der Waals surface area contributed by atoms with Crippen LogP contribution in [0.5, 0.6) is 0 Å². The number of nitrogens with one attached hydrogen (secondary N) is 1. The lowest BCUT2D eigenvalue weighted by Crippen LogP contribution is -2.38. The summed E-state index contributed by atoms with van der Waals surface area (Å²) in [5, 5.41) is 10.6. The molecule has 1 aliphatic heterocycles. The van der Waals surface area contributed by atoms with E-state index in [2.05, 4.69) is 5.32 Å². The second-order valence-corrected chi connectivity index (χ2v) is 3.32. The standard InChI is InChI=1S/C8H16N2O3/c9-6(5-10-8(11)12)4-7-2-1-3-13-7/h6-7,10H,1-5,9H2,(H,11,12)/t6-,7?/m1/s1. The van der Waals surface area contributed by atoms with E-state index in [9.17, 15) is 4.79 Å². The van der Waals surface area contributed by atoms with Crippen LogP contribution in [0, 0.1) is 0 Å². The highest BCUT2D eigenvalue weighted by Gasteiger charge is 2.18. The summed E-state index contributed by atoms with van der Waals surface area (Å²) in [6.45, 7) is 1.11. The second-order valence-electron chi connectivity index (χ2n) is 3.32. The Morgan fingerprint density at radius 2 is 2.54 bits per heavy atom. The van der Waals surface area contributed by atoms with Crippen molar-refractivity contribution in [2.75, 3.05) is 13.2 Å². The van der Waals surface area contributed by atoms with Crippen molar-refractivity contribution < 1.29 is 14.6 Å². The summed E-state index contributed by atoms with van der Waals surface area (Å²) in [7, 11) is 0. The van der Waals surface area contributed by atoms with Crippen molar-refractivity contribution in [1.82, 2.24) is 5.32 Å². The van der Waals surface area contributed by atoms with Crippen molar-refractivity contribution in [3.63, 3.8) is 0 Å². The van der Waals surface area contributed by atoms with E-state index in [1.54, 1.807) is 0 Å². The van der Waals surface area contributed by atoms with Crippen LogP contribution in [-0.4, -0.2) is 36.5 Å². The Kier molecular flexibility index (Phi) is 3.98. The zero-order valence-corrected chi connectivity index (χ0v) is 7.53. The molecular weight excluding hydrogens is 172 g/mol. The summed E-state index contributed by atoms with van der Waals surface area (Å²) in [4.78, 5) is 10.1. The fraction of sp³-hybridized carbons (Fsp3) is 0.875. The lowest BCUT2D eigenvalue weighted by molar-refractivity contribution is 0.0980. The lowest BCUT2D eigenvalue weighted by Gasteiger charge is -2.15. The molecule has 0 bridgehead atoms. The number of carboxylic acid groups (broad SMARTS) is 1. The first kappa shape index (κ1) is 10.3. The van der Waals surface area contributed by atoms with Gasteiger partial charge in [0.05, 0.1) is 6.10 Å². The van der Waals surface area contributed by atoms with Crippen molar-refractivity contribution in [1.29, 1.82) is 0 Å². The van der Waals surface area contributed by atoms with Gasteiger partial charge < -0.3 is 20.9 Å². The van der Waals surface area contributed by atoms with Crippen molar-refractivity contribution >= 4 is 6.09 Å². The maximum absolute atomic E-state index is 10.1. The van der Waals surface area contributed by atoms with Crippen molar-refractivity contribution in [3.05, 3.63) is 0 Å². The van der Waals surface area contributed by atoms with Crippen molar-refractivity contribution in [3.8, 4) is 0 Å². The van der Waals surface area contributed by atoms with Crippen LogP contribution in [0.3, 0.4) is 0 Å². The molecule has 0 aromatic heterocycles. The molecule has 5 heteroatoms. The van der Waals surface area contributed by atoms with Gasteiger partial charge in [-0.25, -0.2) is 4.79 Å². The molecular formula is C8H16N2O3. The minimum absolute atomic E-state index is 0.140. The summed E-state index contributed by atoms with van der Waals surface area (Å²) in [5.41, 5.74) is 5.70. The van der Waals surface area contributed by atoms with Crippen LogP contribution in [0.15, 0.2) is 0 Å². The molecule has 1 unspecified atom stereocenters. The number of nitrogens with two attached hydrogens (primary N) is 1. The average molecular weight is 188 g/mol. The van der Waals surface area contributed by atoms with Crippen LogP contribution in [0.2, 0.25) is 0 Å². The van der Waals surface area contributed by atoms with Gasteiger partial charge in [0, 0.05) is 19.2 Å². The topological polar surface area (TPSA) is 84.6 Å². The smallest absolute Gasteiger partial charge is 0.404 e. The molecule has 1 aliphatic rings. The lowest BCUT2D eigenvalue weighted by atomic mass is 10.1. The third-order valence-corrected chi connectivity index (χ3v) is 2.11. The number of hydrogen-bond acceptors (Lipinski definition) is 3. The predicted octanol–water partition coefficient (Wildman–Crippen LogP) is 0.150. The highest BCUT2D eigenvalue weighted by molar-refractivity contribution is 5.64. The monoisotopic (exact) mass is 188 g/mol. The molecule has 0 aromatic rings. The number of hydrogen-bond donors (Lipinski definition) is 3. The molecule has 0 radical (unpaired) electrons. The molecule has 5 nitrogen and oxygen atoms in total. The van der Waals surface area contributed by atoms with E-state index >= 15 is 0 Å². The third kappa shape index (κ3) is 4.10. The summed E-state index contributed by atoms with van der Waals surface area (Å²) < 4.78 is 5.38. The number of rotatable bonds is 4. The molecule has 1 amide bonds. The predicted molar refractivity (Wildman–Crippen MR) is 47.6 cm³/mol. The zero-order chi connectivity index (χ0) is 9.68. The SMILES string of the molecule is N[C@@H](CNC(=O)O)CC1CCCO1. The van der Waals surface area contributed by atoms with Crippen LogP contribution in [0.1, 0.15) is 19.3 Å². The van der Waals surface area contributed by atoms with Crippen LogP contribution in [0.25, 0.3) is 0 Å². The van der Waals surface area contributed by atoms with Gasteiger partial charge in [0.15, 0.2) is 0 Å². The Bertz CT molecular complexity index is 169. The van der Waals surface area contributed by atoms with E-state index in [1.165, 1.54) is 0 Å². The zero-order valence-electron chi connectivity index (χ0n) is 7.53. The summed E-state index contributed by atoms with van der Waals surface area (Å²) in [5.74, 6) is 0. The molecule has 1 saturated heterocycles. The normalized spacial score (nSPS) is 24.2. The molecule has 0 aromatic carbocycles. The Morgan fingerprint density at radius 1 is 1.77 bits per heavy atom. The van der Waals surface area contributed by atoms with E-state index in [0.717, 1.165) is 25.9 Å². The third-order valence-electron chi connectivity index (χ3n) is 2.11. The highest BCUT2D eigenvalue weighted by atomic mass is 16.5. The summed E-state index contributed by atoms with van der Waals surface area (Å²) in [6.07, 6.45) is 2.07. The summed E-state index contributed by atoms with van der Waals surface area (Å²) >= 11 is 0. The average Bonchev–Trinajstić information content (AvgIpc) is 2.53. The second kappa shape index (κ2) is 5.04. The van der Waals surface area contributed by atoms with Crippen LogP contribution < -0.4 is 11.1 Å². The van der Waals surface area contributed by atoms with Gasteiger partial charge in [-0.2, -0.15) is 0 Å². The van der Waals surface area contributed by atoms with Crippen LogP contribution in [-0.2, 0) is 4.74 Å². The number of amides is 1. The Morgan fingerprint density at radius 3 is 3.08 bits per heavy atom. The van der Waals surface area contributed by atoms with E-state index in [0.29, 0.717) is 6.54 Å². The van der Waals surface area contributed by atoms with E-state index in [1.807, 2.05) is 0 Å². The molecule has 1 heterocycles. The fourth-order valence-corrected chi connectivity index (χ4v) is 1.47. The first-order chi connectivity index (χ1) is 6.18. The minimum Gasteiger partial charge on any atom is -0.465 e. The maximum Gasteiger partial charge on any atom is 0.404 e. The molecule has 0 saturated carbocycles. The molecule has 13 heavy (non-hydrogen) atoms. The maximum atomic E-state index is 10.1. The minimum atomic E-state index is -1.03. The van der Waals surface area contributed by atoms with Crippen molar-refractivity contribution in [2.24, 2.45) is 5.73 Å². The molecule has 0 spiro atoms. The quantitative estimate of drug-likeness (QED) is 0.586. The molecule has 2 atom stereocenters. The molecule has 76 valence electrons. The van der Waals surface area contributed by atoms with E-state index in [-0.39, 0.29) is 12.1 Å². The Balaban J connectivity index is 2.09. The largest absolute Gasteiger partial charge is 0.465 e. The van der Waals surface area contributed by atoms with Gasteiger partial charge in [0.25, 0.3) is 0 Å². The Hall–Kier alpha value is -0.810. The van der Waals surface area contributed by atoms with E-state index < -0.39 is 6.09 Å². The number of carbonyl (C=O) groups is 1. The van der Waals surface area contributed by atoms with Crippen LogP contribution >= 0.6 is 0 Å². The summed E-state index contributed by atoms with van der Waals surface area (Å²) in [6, 6.07) is -0.140. The van der Waals surface area contributed by atoms with Gasteiger partial charge in [-0.3, -0.25) is 0 Å². The van der Waals surface area contributed by atoms with Gasteiger partial charge >= 0.3 is 6.09 Å². The highest BCUT2D eigenvalue weighted by Crippen LogP contribution is 2.15. The molecule has 1 rings (SSSR count). The Labute approximate surface area is 77.2 Å². The van der Waals surface area contributed by atoms with Gasteiger partial charge in [-0.1, -0.05) is 0 Å². The van der Waals surface area contributed by atoms with Gasteiger partial charge in [0.1, 0.15) is 0 Å². The number of ether oxygens (including phenoxy) is 1. The molecule has 1 fully saturated rings. The van der Waals surface area contributed by atoms with Gasteiger partial charge in [0.2, 0.25) is 0 Å². The molecule has 0 aliphatic carbocycles. The molecule has 4 N–H and O–H groups in total. The first-order valence-electron chi connectivity index (χ1n) is 4.52. The first-order valence-corrected chi connectivity index (χ1v) is 4.52.